The van der Waals surface area contributed by atoms with Crippen molar-refractivity contribution in [1.29, 1.82) is 0 Å². The number of hydrogen-bond acceptors (Lipinski definition) is 2. The molecular weight excluding hydrogens is 367 g/mol. The fourth-order valence-corrected chi connectivity index (χ4v) is 3.55. The van der Waals surface area contributed by atoms with Crippen LogP contribution in [0.5, 0.6) is 0 Å². The van der Waals surface area contributed by atoms with Crippen LogP contribution in [0.3, 0.4) is 0 Å². The summed E-state index contributed by atoms with van der Waals surface area (Å²) in [6.45, 7) is 2.27. The van der Waals surface area contributed by atoms with Crippen molar-refractivity contribution in [2.45, 2.75) is 110 Å². The van der Waals surface area contributed by atoms with E-state index in [-0.39, 0.29) is 36.0 Å². The summed E-state index contributed by atoms with van der Waals surface area (Å²) < 4.78 is 0. The van der Waals surface area contributed by atoms with Gasteiger partial charge in [-0.25, -0.2) is 0 Å². The second kappa shape index (κ2) is 20.7. The molecule has 158 valence electrons. The molecule has 0 aliphatic carbocycles. The van der Waals surface area contributed by atoms with Gasteiger partial charge in [-0.3, -0.25) is 0 Å². The van der Waals surface area contributed by atoms with E-state index in [1.54, 1.807) is 0 Å². The van der Waals surface area contributed by atoms with Gasteiger partial charge in [0.2, 0.25) is 0 Å². The van der Waals surface area contributed by atoms with E-state index in [0.29, 0.717) is 0 Å². The minimum absolute atomic E-state index is 0. The Labute approximate surface area is 201 Å². The number of rotatable bonds is 16. The number of carboxylic acids is 1. The number of hydrogen-bond donors (Lipinski definition) is 0. The van der Waals surface area contributed by atoms with Crippen molar-refractivity contribution in [2.24, 2.45) is 0 Å². The molecule has 0 spiro atoms. The van der Waals surface area contributed by atoms with E-state index in [9.17, 15) is 9.90 Å². The zero-order valence-electron chi connectivity index (χ0n) is 19.1. The van der Waals surface area contributed by atoms with Gasteiger partial charge in [-0.1, -0.05) is 133 Å². The Bertz CT molecular complexity index is 507. The molecule has 3 heteroatoms. The number of unbranched alkanes of at least 4 members (excludes halogenated alkanes) is 14. The number of benzene rings is 3. The summed E-state index contributed by atoms with van der Waals surface area (Å²) in [5, 5.41) is 12.8. The molecule has 0 aliphatic rings. The molecule has 2 bridgehead atoms. The molecule has 3 rings (SSSR count). The second-order valence-electron chi connectivity index (χ2n) is 8.07. The van der Waals surface area contributed by atoms with E-state index < -0.39 is 5.97 Å². The van der Waals surface area contributed by atoms with Crippen LogP contribution in [0.25, 0.3) is 10.8 Å². The zero-order chi connectivity index (χ0) is 20.3. The summed E-state index contributed by atoms with van der Waals surface area (Å²) in [7, 11) is 0. The van der Waals surface area contributed by atoms with Gasteiger partial charge in [0.05, 0.1) is 0 Å². The van der Waals surface area contributed by atoms with Gasteiger partial charge in [-0.15, -0.1) is 0 Å². The zero-order valence-corrected chi connectivity index (χ0v) is 21.1. The maximum atomic E-state index is 10.2. The quantitative estimate of drug-likeness (QED) is 0.307. The van der Waals surface area contributed by atoms with E-state index in [2.05, 4.69) is 43.3 Å². The molecule has 3 aromatic rings. The molecule has 0 unspecified atom stereocenters. The fraction of sp³-hybridized carbons (Fsp3) is 0.654. The summed E-state index contributed by atoms with van der Waals surface area (Å²) in [4.78, 5) is 10.2. The first-order valence-corrected chi connectivity index (χ1v) is 11.7. The van der Waals surface area contributed by atoms with Crippen molar-refractivity contribution in [3.05, 3.63) is 36.4 Å². The van der Waals surface area contributed by atoms with Crippen molar-refractivity contribution in [1.82, 2.24) is 0 Å². The molecule has 0 fully saturated rings. The predicted molar refractivity (Wildman–Crippen MR) is 120 cm³/mol. The SMILES string of the molecule is CCCCCCCCCCCCCCCCCC(=O)[O-].[Na+].c1cc2ccc1cc2. The van der Waals surface area contributed by atoms with E-state index in [1.807, 2.05) is 0 Å². The maximum Gasteiger partial charge on any atom is 1.00 e. The van der Waals surface area contributed by atoms with Crippen LogP contribution < -0.4 is 34.7 Å². The molecule has 0 radical (unpaired) electrons. The molecule has 0 saturated carbocycles. The average molecular weight is 409 g/mol. The van der Waals surface area contributed by atoms with Crippen LogP contribution >= 0.6 is 0 Å². The summed E-state index contributed by atoms with van der Waals surface area (Å²) in [5.41, 5.74) is 0. The first kappa shape index (κ1) is 28.4. The summed E-state index contributed by atoms with van der Waals surface area (Å²) >= 11 is 0. The largest absolute Gasteiger partial charge is 1.00 e. The molecule has 0 saturated heterocycles. The van der Waals surface area contributed by atoms with Crippen molar-refractivity contribution < 1.29 is 39.5 Å². The first-order valence-electron chi connectivity index (χ1n) is 11.7. The summed E-state index contributed by atoms with van der Waals surface area (Å²) in [5.74, 6) is -0.903. The third-order valence-electron chi connectivity index (χ3n) is 5.39. The van der Waals surface area contributed by atoms with Crippen LogP contribution in [-0.4, -0.2) is 5.97 Å². The van der Waals surface area contributed by atoms with E-state index >= 15 is 0 Å². The van der Waals surface area contributed by atoms with Crippen LogP contribution in [0.4, 0.5) is 0 Å². The Hall–Kier alpha value is -0.570. The molecule has 0 atom stereocenters. The monoisotopic (exact) mass is 408 g/mol. The number of carbonyl (C=O) groups is 1. The van der Waals surface area contributed by atoms with Gasteiger partial charge in [0, 0.05) is 5.97 Å². The van der Waals surface area contributed by atoms with Crippen LogP contribution in [0.1, 0.15) is 110 Å². The van der Waals surface area contributed by atoms with Crippen LogP contribution in [0.2, 0.25) is 0 Å². The van der Waals surface area contributed by atoms with Crippen molar-refractivity contribution >= 4 is 16.7 Å². The molecule has 0 N–H and O–H groups in total. The molecule has 2 nitrogen and oxygen atoms in total. The molecular formula is C26H41NaO2. The fourth-order valence-electron chi connectivity index (χ4n) is 3.55. The maximum absolute atomic E-state index is 10.2. The number of fused-ring (bicyclic) bond motifs is 3. The van der Waals surface area contributed by atoms with Gasteiger partial charge >= 0.3 is 29.6 Å². The van der Waals surface area contributed by atoms with Gasteiger partial charge in [0.1, 0.15) is 0 Å². The van der Waals surface area contributed by atoms with E-state index in [1.165, 1.54) is 94.2 Å². The minimum Gasteiger partial charge on any atom is -0.550 e. The normalized spacial score (nSPS) is 10.4. The number of aliphatic carboxylic acids is 1. The Morgan fingerprint density at radius 1 is 0.586 bits per heavy atom. The molecule has 0 amide bonds. The molecule has 3 aromatic carbocycles. The second-order valence-corrected chi connectivity index (χ2v) is 8.07. The van der Waals surface area contributed by atoms with E-state index in [0.717, 1.165) is 12.8 Å². The summed E-state index contributed by atoms with van der Waals surface area (Å²) in [6.07, 6.45) is 19.9. The molecule has 0 heterocycles. The van der Waals surface area contributed by atoms with E-state index in [4.69, 9.17) is 0 Å². The third-order valence-corrected chi connectivity index (χ3v) is 5.39. The first-order chi connectivity index (χ1) is 13.7. The Balaban J connectivity index is 0.000000711. The Kier molecular flexibility index (Phi) is 20.3. The van der Waals surface area contributed by atoms with Crippen LogP contribution in [-0.2, 0) is 4.79 Å². The van der Waals surface area contributed by atoms with Crippen molar-refractivity contribution in [2.75, 3.05) is 0 Å². The molecule has 0 aromatic heterocycles. The Morgan fingerprint density at radius 3 is 1.10 bits per heavy atom. The Morgan fingerprint density at radius 2 is 0.862 bits per heavy atom. The molecule has 29 heavy (non-hydrogen) atoms. The summed E-state index contributed by atoms with van der Waals surface area (Å²) in [6, 6.07) is 12.7. The third kappa shape index (κ3) is 18.0. The van der Waals surface area contributed by atoms with Crippen molar-refractivity contribution in [3.63, 3.8) is 0 Å². The predicted octanol–water partition coefficient (Wildman–Crippen LogP) is 4.28. The van der Waals surface area contributed by atoms with Crippen LogP contribution in [0, 0.1) is 0 Å². The van der Waals surface area contributed by atoms with Gasteiger partial charge in [0.15, 0.2) is 0 Å². The molecule has 0 aliphatic heterocycles. The van der Waals surface area contributed by atoms with Crippen molar-refractivity contribution in [3.8, 4) is 0 Å². The minimum atomic E-state index is -0.903. The van der Waals surface area contributed by atoms with Gasteiger partial charge in [-0.05, 0) is 23.6 Å². The topological polar surface area (TPSA) is 40.1 Å². The van der Waals surface area contributed by atoms with Gasteiger partial charge in [-0.2, -0.15) is 0 Å². The number of carbonyl (C=O) groups excluding carboxylic acids is 1. The van der Waals surface area contributed by atoms with Gasteiger partial charge < -0.3 is 9.90 Å². The van der Waals surface area contributed by atoms with Crippen LogP contribution in [0.15, 0.2) is 36.4 Å². The number of carboxylic acid groups (broad SMARTS) is 1. The standard InChI is InChI=1S/C18H36O2.C8H6.Na/c1-2-3-4-5-6-7-8-9-10-11-12-13-14-15-16-17-18(19)20;1-2-8-5-3-7(1)4-6-8;/h2-17H2,1H3,(H,19,20);1-6H;/q;;+1/p-1. The average Bonchev–Trinajstić information content (AvgIpc) is 2.72. The van der Waals surface area contributed by atoms with Gasteiger partial charge in [0.25, 0.3) is 0 Å². The smallest absolute Gasteiger partial charge is 0.550 e.